The zero-order chi connectivity index (χ0) is 30.7. The molecule has 12 heteroatoms. The Bertz CT molecular complexity index is 1920. The van der Waals surface area contributed by atoms with Crippen LogP contribution in [0.1, 0.15) is 45.1 Å². The van der Waals surface area contributed by atoms with E-state index in [4.69, 9.17) is 18.6 Å². The summed E-state index contributed by atoms with van der Waals surface area (Å²) in [6, 6.07) is 14.0. The summed E-state index contributed by atoms with van der Waals surface area (Å²) in [4.78, 5) is 42.9. The summed E-state index contributed by atoms with van der Waals surface area (Å²) >= 11 is 1.16. The van der Waals surface area contributed by atoms with Crippen molar-refractivity contribution in [3.63, 3.8) is 0 Å². The summed E-state index contributed by atoms with van der Waals surface area (Å²) in [6.45, 7) is 8.16. The molecular formula is C31H29N3O8S. The van der Waals surface area contributed by atoms with E-state index in [-0.39, 0.29) is 23.4 Å². The Morgan fingerprint density at radius 1 is 1.07 bits per heavy atom. The quantitative estimate of drug-likeness (QED) is 0.144. The number of fused-ring (bicyclic) bond motifs is 1. The number of esters is 1. The second-order valence-electron chi connectivity index (χ2n) is 9.38. The average molecular weight is 604 g/mol. The van der Waals surface area contributed by atoms with Gasteiger partial charge in [-0.15, -0.1) is 0 Å². The lowest BCUT2D eigenvalue weighted by Crippen LogP contribution is -2.40. The Labute approximate surface area is 250 Å². The van der Waals surface area contributed by atoms with Gasteiger partial charge < -0.3 is 18.6 Å². The number of nitro benzene ring substituents is 1. The molecule has 0 saturated carbocycles. The lowest BCUT2D eigenvalue weighted by Gasteiger charge is -2.25. The van der Waals surface area contributed by atoms with Crippen molar-refractivity contribution in [1.82, 2.24) is 4.57 Å². The molecule has 0 saturated heterocycles. The van der Waals surface area contributed by atoms with E-state index in [1.165, 1.54) is 16.7 Å². The zero-order valence-corrected chi connectivity index (χ0v) is 24.8. The lowest BCUT2D eigenvalue weighted by molar-refractivity contribution is -0.384. The third-order valence-electron chi connectivity index (χ3n) is 6.64. The first-order valence-corrected chi connectivity index (χ1v) is 14.5. The normalized spacial score (nSPS) is 14.7. The number of allylic oxidation sites excluding steroid dienone is 1. The fraction of sp³-hybridized carbons (Fsp3) is 0.258. The molecule has 222 valence electrons. The third-order valence-corrected chi connectivity index (χ3v) is 7.62. The van der Waals surface area contributed by atoms with E-state index in [9.17, 15) is 19.7 Å². The average Bonchev–Trinajstić information content (AvgIpc) is 3.58. The summed E-state index contributed by atoms with van der Waals surface area (Å²) in [7, 11) is 0. The van der Waals surface area contributed by atoms with Crippen molar-refractivity contribution in [2.24, 2.45) is 4.99 Å². The van der Waals surface area contributed by atoms with Crippen molar-refractivity contribution in [2.75, 3.05) is 19.8 Å². The van der Waals surface area contributed by atoms with Crippen LogP contribution in [0.2, 0.25) is 0 Å². The number of furan rings is 1. The van der Waals surface area contributed by atoms with Gasteiger partial charge in [-0.05, 0) is 57.5 Å². The number of nitrogens with zero attached hydrogens (tertiary/aromatic N) is 3. The van der Waals surface area contributed by atoms with Crippen LogP contribution in [0.25, 0.3) is 17.4 Å². The van der Waals surface area contributed by atoms with Crippen molar-refractivity contribution in [2.45, 2.75) is 33.7 Å². The minimum atomic E-state index is -0.829. The molecule has 0 bridgehead atoms. The monoisotopic (exact) mass is 603 g/mol. The predicted molar refractivity (Wildman–Crippen MR) is 160 cm³/mol. The molecule has 0 radical (unpaired) electrons. The summed E-state index contributed by atoms with van der Waals surface area (Å²) in [5, 5.41) is 11.2. The Balaban J connectivity index is 1.63. The summed E-state index contributed by atoms with van der Waals surface area (Å²) < 4.78 is 24.7. The van der Waals surface area contributed by atoms with E-state index in [0.29, 0.717) is 62.4 Å². The van der Waals surface area contributed by atoms with Crippen LogP contribution in [0.4, 0.5) is 5.69 Å². The van der Waals surface area contributed by atoms with Gasteiger partial charge in [-0.1, -0.05) is 29.5 Å². The Hall–Kier alpha value is -4.97. The van der Waals surface area contributed by atoms with Crippen LogP contribution in [0.5, 0.6) is 11.5 Å². The number of rotatable bonds is 10. The number of ether oxygens (including phenoxy) is 3. The predicted octanol–water partition coefficient (Wildman–Crippen LogP) is 4.76. The maximum Gasteiger partial charge on any atom is 0.338 e. The second-order valence-corrected chi connectivity index (χ2v) is 10.4. The number of benzene rings is 2. The highest BCUT2D eigenvalue weighted by Crippen LogP contribution is 2.36. The number of non-ortho nitro benzene ring substituents is 1. The van der Waals surface area contributed by atoms with E-state index in [2.05, 4.69) is 4.99 Å². The summed E-state index contributed by atoms with van der Waals surface area (Å²) in [5.74, 6) is 1.27. The van der Waals surface area contributed by atoms with Gasteiger partial charge in [-0.25, -0.2) is 9.79 Å². The minimum absolute atomic E-state index is 0.0571. The molecule has 0 spiro atoms. The highest BCUT2D eigenvalue weighted by Gasteiger charge is 2.34. The molecule has 0 unspecified atom stereocenters. The van der Waals surface area contributed by atoms with Gasteiger partial charge in [0.15, 0.2) is 16.3 Å². The lowest BCUT2D eigenvalue weighted by atomic mass is 9.95. The van der Waals surface area contributed by atoms with Crippen LogP contribution in [0, 0.1) is 10.1 Å². The van der Waals surface area contributed by atoms with Gasteiger partial charge in [0.1, 0.15) is 11.5 Å². The first-order valence-electron chi connectivity index (χ1n) is 13.7. The maximum atomic E-state index is 13.9. The van der Waals surface area contributed by atoms with Crippen LogP contribution in [-0.2, 0) is 9.53 Å². The first kappa shape index (κ1) is 29.5. The van der Waals surface area contributed by atoms with E-state index in [1.807, 2.05) is 13.8 Å². The smallest absolute Gasteiger partial charge is 0.338 e. The third kappa shape index (κ3) is 5.86. The van der Waals surface area contributed by atoms with Crippen molar-refractivity contribution in [3.05, 3.63) is 107 Å². The Morgan fingerprint density at radius 3 is 2.56 bits per heavy atom. The molecule has 1 aliphatic heterocycles. The van der Waals surface area contributed by atoms with E-state index >= 15 is 0 Å². The van der Waals surface area contributed by atoms with Gasteiger partial charge in [-0.2, -0.15) is 0 Å². The van der Waals surface area contributed by atoms with Gasteiger partial charge in [0, 0.05) is 23.8 Å². The zero-order valence-electron chi connectivity index (χ0n) is 24.0. The molecule has 4 aromatic rings. The molecule has 5 rings (SSSR count). The Morgan fingerprint density at radius 2 is 1.84 bits per heavy atom. The second kappa shape index (κ2) is 12.5. The molecule has 0 amide bonds. The van der Waals surface area contributed by atoms with Crippen molar-refractivity contribution in [3.8, 4) is 22.8 Å². The molecule has 2 aromatic heterocycles. The fourth-order valence-electron chi connectivity index (χ4n) is 4.83. The number of aromatic nitrogens is 1. The largest absolute Gasteiger partial charge is 0.490 e. The number of hydrogen-bond donors (Lipinski definition) is 0. The molecular weight excluding hydrogens is 574 g/mol. The maximum absolute atomic E-state index is 13.9. The highest BCUT2D eigenvalue weighted by atomic mass is 32.1. The van der Waals surface area contributed by atoms with Gasteiger partial charge in [0.25, 0.3) is 11.2 Å². The van der Waals surface area contributed by atoms with Gasteiger partial charge >= 0.3 is 5.97 Å². The van der Waals surface area contributed by atoms with E-state index < -0.39 is 16.9 Å². The van der Waals surface area contributed by atoms with Crippen molar-refractivity contribution >= 4 is 29.1 Å². The first-order chi connectivity index (χ1) is 20.7. The van der Waals surface area contributed by atoms with E-state index in [0.717, 1.165) is 11.3 Å². The molecule has 0 fully saturated rings. The van der Waals surface area contributed by atoms with Crippen molar-refractivity contribution in [1.29, 1.82) is 0 Å². The van der Waals surface area contributed by atoms with Crippen LogP contribution in [0.15, 0.2) is 80.1 Å². The minimum Gasteiger partial charge on any atom is -0.490 e. The topological polar surface area (TPSA) is 135 Å². The standard InChI is InChI=1S/C31H29N3O8S/c1-5-39-24-13-11-20(16-25(24)40-6-2)28-27(30(36)41-7-3)18(4)32-31-33(28)29(35)26(43-31)17-22-12-14-23(42-22)19-9-8-10-21(15-19)34(37)38/h8-17,28H,5-7H2,1-4H3/b26-17-/t28-/m0/s1. The number of nitro groups is 1. The molecule has 0 N–H and O–H groups in total. The van der Waals surface area contributed by atoms with E-state index in [1.54, 1.807) is 62.4 Å². The SMILES string of the molecule is CCOC(=O)C1=C(C)N=c2s/c(=C\c3ccc(-c4cccc([N+](=O)[O-])c4)o3)c(=O)n2[C@H]1c1ccc(OCC)c(OCC)c1. The molecule has 3 heterocycles. The van der Waals surface area contributed by atoms with Gasteiger partial charge in [0.05, 0.1) is 46.6 Å². The number of hydrogen-bond acceptors (Lipinski definition) is 10. The molecule has 1 aliphatic rings. The van der Waals surface area contributed by atoms with Gasteiger partial charge in [-0.3, -0.25) is 19.5 Å². The number of carbonyl (C=O) groups is 1. The molecule has 1 atom stereocenters. The van der Waals surface area contributed by atoms with Crippen LogP contribution in [0.3, 0.4) is 0 Å². The molecule has 11 nitrogen and oxygen atoms in total. The Kier molecular flexibility index (Phi) is 8.58. The highest BCUT2D eigenvalue weighted by molar-refractivity contribution is 7.07. The number of thiazole rings is 1. The van der Waals surface area contributed by atoms with Gasteiger partial charge in [0.2, 0.25) is 0 Å². The summed E-state index contributed by atoms with van der Waals surface area (Å²) in [6.07, 6.45) is 1.59. The van der Waals surface area contributed by atoms with Crippen LogP contribution in [-0.4, -0.2) is 35.3 Å². The van der Waals surface area contributed by atoms with Crippen molar-refractivity contribution < 1.29 is 28.3 Å². The number of carbonyl (C=O) groups excluding carboxylic acids is 1. The summed E-state index contributed by atoms with van der Waals surface area (Å²) in [5.41, 5.74) is 1.42. The van der Waals surface area contributed by atoms with Crippen LogP contribution >= 0.6 is 11.3 Å². The molecule has 0 aliphatic carbocycles. The molecule has 2 aromatic carbocycles. The van der Waals surface area contributed by atoms with Crippen LogP contribution < -0.4 is 24.4 Å². The molecule has 43 heavy (non-hydrogen) atoms. The fourth-order valence-corrected chi connectivity index (χ4v) is 5.86.